The molecule has 2 amide bonds. The van der Waals surface area contributed by atoms with Crippen LogP contribution in [0.1, 0.15) is 17.5 Å². The zero-order valence-electron chi connectivity index (χ0n) is 17.0. The van der Waals surface area contributed by atoms with Gasteiger partial charge in [0.1, 0.15) is 0 Å². The summed E-state index contributed by atoms with van der Waals surface area (Å²) in [5.41, 5.74) is 3.31. The maximum absolute atomic E-state index is 12.7. The first-order chi connectivity index (χ1) is 13.6. The minimum Gasteiger partial charge on any atom is -0.326 e. The molecule has 1 atom stereocenters. The highest BCUT2D eigenvalue weighted by Gasteiger charge is 2.36. The molecule has 0 radical (unpaired) electrons. The van der Waals surface area contributed by atoms with Gasteiger partial charge < -0.3 is 10.2 Å². The topological polar surface area (TPSA) is 86.8 Å². The lowest BCUT2D eigenvalue weighted by Gasteiger charge is -2.20. The first kappa shape index (κ1) is 21.0. The Balaban J connectivity index is 1.76. The predicted molar refractivity (Wildman–Crippen MR) is 112 cm³/mol. The lowest BCUT2D eigenvalue weighted by atomic mass is 10.1. The summed E-state index contributed by atoms with van der Waals surface area (Å²) in [5.74, 6) is -0.898. The molecule has 0 bridgehead atoms. The molecule has 0 aromatic heterocycles. The van der Waals surface area contributed by atoms with E-state index >= 15 is 0 Å². The van der Waals surface area contributed by atoms with Gasteiger partial charge in [0.15, 0.2) is 0 Å². The molecule has 8 heteroatoms. The number of carbonyl (C=O) groups excluding carboxylic acids is 2. The first-order valence-electron chi connectivity index (χ1n) is 9.31. The molecule has 2 aromatic carbocycles. The van der Waals surface area contributed by atoms with E-state index in [1.165, 1.54) is 26.2 Å². The number of aryl methyl sites for hydroxylation is 1. The van der Waals surface area contributed by atoms with Crippen LogP contribution in [0.2, 0.25) is 0 Å². The van der Waals surface area contributed by atoms with E-state index in [2.05, 4.69) is 5.32 Å². The summed E-state index contributed by atoms with van der Waals surface area (Å²) in [6.07, 6.45) is 0.120. The first-order valence-corrected chi connectivity index (χ1v) is 10.8. The molecule has 29 heavy (non-hydrogen) atoms. The van der Waals surface area contributed by atoms with Gasteiger partial charge in [0.25, 0.3) is 0 Å². The molecule has 7 nitrogen and oxygen atoms in total. The van der Waals surface area contributed by atoms with Gasteiger partial charge in [-0.3, -0.25) is 9.59 Å². The Morgan fingerprint density at radius 3 is 2.52 bits per heavy atom. The lowest BCUT2D eigenvalue weighted by molar-refractivity contribution is -0.122. The van der Waals surface area contributed by atoms with Crippen LogP contribution in [0.25, 0.3) is 0 Å². The van der Waals surface area contributed by atoms with Crippen molar-refractivity contribution >= 4 is 33.2 Å². The van der Waals surface area contributed by atoms with Gasteiger partial charge in [-0.1, -0.05) is 18.2 Å². The Morgan fingerprint density at radius 1 is 1.14 bits per heavy atom. The molecule has 2 aromatic rings. The smallest absolute Gasteiger partial charge is 0.242 e. The van der Waals surface area contributed by atoms with Crippen molar-refractivity contribution in [2.45, 2.75) is 25.2 Å². The average molecular weight is 416 g/mol. The molecule has 1 heterocycles. The standard InChI is InChI=1S/C21H25N3O4S/c1-14-7-5-10-19(15(14)2)24-13-16(11-20(24)25)21(26)22-17-8-6-9-18(12-17)29(27,28)23(3)4/h5-10,12,16H,11,13H2,1-4H3,(H,22,26)/t16-/m0/s1. The number of benzene rings is 2. The zero-order chi connectivity index (χ0) is 21.3. The predicted octanol–water partition coefficient (Wildman–Crippen LogP) is 2.55. The Hall–Kier alpha value is -2.71. The van der Waals surface area contributed by atoms with Gasteiger partial charge in [-0.15, -0.1) is 0 Å². The minimum absolute atomic E-state index is 0.0946. The summed E-state index contributed by atoms with van der Waals surface area (Å²) in [4.78, 5) is 27.0. The van der Waals surface area contributed by atoms with Crippen molar-refractivity contribution < 1.29 is 18.0 Å². The van der Waals surface area contributed by atoms with Crippen LogP contribution < -0.4 is 10.2 Å². The lowest BCUT2D eigenvalue weighted by Crippen LogP contribution is -2.28. The molecule has 1 saturated heterocycles. The van der Waals surface area contributed by atoms with Gasteiger partial charge in [0.2, 0.25) is 21.8 Å². The molecule has 0 unspecified atom stereocenters. The van der Waals surface area contributed by atoms with Crippen molar-refractivity contribution in [3.63, 3.8) is 0 Å². The fraction of sp³-hybridized carbons (Fsp3) is 0.333. The van der Waals surface area contributed by atoms with Crippen LogP contribution in [0.3, 0.4) is 0 Å². The molecule has 1 fully saturated rings. The highest BCUT2D eigenvalue weighted by atomic mass is 32.2. The van der Waals surface area contributed by atoms with Gasteiger partial charge in [0, 0.05) is 38.4 Å². The Labute approximate surface area is 171 Å². The van der Waals surface area contributed by atoms with E-state index < -0.39 is 15.9 Å². The van der Waals surface area contributed by atoms with Crippen molar-refractivity contribution in [1.82, 2.24) is 4.31 Å². The van der Waals surface area contributed by atoms with Crippen molar-refractivity contribution in [1.29, 1.82) is 0 Å². The minimum atomic E-state index is -3.60. The van der Waals surface area contributed by atoms with Crippen molar-refractivity contribution in [2.24, 2.45) is 5.92 Å². The Morgan fingerprint density at radius 2 is 1.83 bits per heavy atom. The second-order valence-corrected chi connectivity index (χ2v) is 9.58. The second kappa shape index (κ2) is 7.96. The van der Waals surface area contributed by atoms with E-state index in [1.54, 1.807) is 17.0 Å². The third-order valence-electron chi connectivity index (χ3n) is 5.24. The van der Waals surface area contributed by atoms with Crippen LogP contribution in [0, 0.1) is 19.8 Å². The van der Waals surface area contributed by atoms with Gasteiger partial charge >= 0.3 is 0 Å². The highest BCUT2D eigenvalue weighted by molar-refractivity contribution is 7.89. The fourth-order valence-corrected chi connectivity index (χ4v) is 4.28. The third kappa shape index (κ3) is 4.18. The molecule has 0 saturated carbocycles. The maximum atomic E-state index is 12.7. The summed E-state index contributed by atoms with van der Waals surface area (Å²) < 4.78 is 25.7. The van der Waals surface area contributed by atoms with E-state index in [1.807, 2.05) is 32.0 Å². The molecular formula is C21H25N3O4S. The van der Waals surface area contributed by atoms with E-state index in [9.17, 15) is 18.0 Å². The van der Waals surface area contributed by atoms with Crippen molar-refractivity contribution in [2.75, 3.05) is 30.9 Å². The molecule has 154 valence electrons. The fourth-order valence-electron chi connectivity index (χ4n) is 3.33. The summed E-state index contributed by atoms with van der Waals surface area (Å²) in [6, 6.07) is 11.9. The number of amides is 2. The van der Waals surface area contributed by atoms with Gasteiger partial charge in [-0.05, 0) is 49.2 Å². The summed E-state index contributed by atoms with van der Waals surface area (Å²) in [6.45, 7) is 4.24. The number of hydrogen-bond donors (Lipinski definition) is 1. The van der Waals surface area contributed by atoms with Crippen LogP contribution in [0.4, 0.5) is 11.4 Å². The normalized spacial score (nSPS) is 17.1. The van der Waals surface area contributed by atoms with E-state index in [-0.39, 0.29) is 23.1 Å². The van der Waals surface area contributed by atoms with Crippen LogP contribution in [0.5, 0.6) is 0 Å². The summed E-state index contributed by atoms with van der Waals surface area (Å²) >= 11 is 0. The average Bonchev–Trinajstić information content (AvgIpc) is 3.06. The van der Waals surface area contributed by atoms with E-state index in [0.717, 1.165) is 21.1 Å². The molecule has 0 aliphatic carbocycles. The van der Waals surface area contributed by atoms with Crippen LogP contribution in [-0.4, -0.2) is 45.2 Å². The largest absolute Gasteiger partial charge is 0.326 e. The van der Waals surface area contributed by atoms with Gasteiger partial charge in [0.05, 0.1) is 10.8 Å². The number of carbonyl (C=O) groups is 2. The van der Waals surface area contributed by atoms with Crippen LogP contribution in [0.15, 0.2) is 47.4 Å². The Kier molecular flexibility index (Phi) is 5.77. The molecule has 1 N–H and O–H groups in total. The van der Waals surface area contributed by atoms with E-state index in [0.29, 0.717) is 12.2 Å². The maximum Gasteiger partial charge on any atom is 0.242 e. The number of nitrogens with zero attached hydrogens (tertiary/aromatic N) is 2. The molecular weight excluding hydrogens is 390 g/mol. The molecule has 0 spiro atoms. The SMILES string of the molecule is Cc1cccc(N2C[C@@H](C(=O)Nc3cccc(S(=O)(=O)N(C)C)c3)CC2=O)c1C. The van der Waals surface area contributed by atoms with Crippen LogP contribution >= 0.6 is 0 Å². The number of hydrogen-bond acceptors (Lipinski definition) is 4. The summed E-state index contributed by atoms with van der Waals surface area (Å²) in [5, 5.41) is 2.75. The number of anilines is 2. The van der Waals surface area contributed by atoms with Gasteiger partial charge in [-0.2, -0.15) is 0 Å². The van der Waals surface area contributed by atoms with Crippen LogP contribution in [-0.2, 0) is 19.6 Å². The van der Waals surface area contributed by atoms with Crippen molar-refractivity contribution in [3.8, 4) is 0 Å². The third-order valence-corrected chi connectivity index (χ3v) is 7.05. The highest BCUT2D eigenvalue weighted by Crippen LogP contribution is 2.30. The second-order valence-electron chi connectivity index (χ2n) is 7.43. The number of sulfonamides is 1. The number of rotatable bonds is 5. The number of nitrogens with one attached hydrogen (secondary N) is 1. The molecule has 3 rings (SSSR count). The summed E-state index contributed by atoms with van der Waals surface area (Å²) in [7, 11) is -0.695. The van der Waals surface area contributed by atoms with Crippen molar-refractivity contribution in [3.05, 3.63) is 53.6 Å². The monoisotopic (exact) mass is 415 g/mol. The van der Waals surface area contributed by atoms with E-state index in [4.69, 9.17) is 0 Å². The van der Waals surface area contributed by atoms with Gasteiger partial charge in [-0.25, -0.2) is 12.7 Å². The zero-order valence-corrected chi connectivity index (χ0v) is 17.8. The Bertz CT molecular complexity index is 1060. The quantitative estimate of drug-likeness (QED) is 0.813. The molecule has 1 aliphatic heterocycles. The molecule has 1 aliphatic rings.